The number of hydrogen-bond donors (Lipinski definition) is 1. The quantitative estimate of drug-likeness (QED) is 0.807. The molecule has 0 saturated heterocycles. The fourth-order valence-electron chi connectivity index (χ4n) is 1.60. The first-order valence-corrected chi connectivity index (χ1v) is 6.23. The third-order valence-electron chi connectivity index (χ3n) is 2.41. The van der Waals surface area contributed by atoms with E-state index >= 15 is 0 Å². The highest BCUT2D eigenvalue weighted by Gasteiger charge is 2.18. The molecule has 1 aromatic rings. The zero-order valence-corrected chi connectivity index (χ0v) is 11.3. The highest BCUT2D eigenvalue weighted by Crippen LogP contribution is 2.17. The summed E-state index contributed by atoms with van der Waals surface area (Å²) in [5.41, 5.74) is 2.23. The lowest BCUT2D eigenvalue weighted by Gasteiger charge is -2.12. The first-order valence-electron chi connectivity index (χ1n) is 5.03. The lowest BCUT2D eigenvalue weighted by Crippen LogP contribution is -2.32. The Hall–Kier alpha value is -0.940. The molecule has 1 N–H and O–H groups in total. The van der Waals surface area contributed by atoms with E-state index in [2.05, 4.69) is 38.5 Å². The highest BCUT2D eigenvalue weighted by atomic mass is 79.9. The van der Waals surface area contributed by atoms with Gasteiger partial charge in [0.2, 0.25) is 0 Å². The van der Waals surface area contributed by atoms with Crippen LogP contribution in [0.25, 0.3) is 0 Å². The molecule has 3 nitrogen and oxygen atoms in total. The van der Waals surface area contributed by atoms with E-state index in [1.165, 1.54) is 0 Å². The molecule has 16 heavy (non-hydrogen) atoms. The van der Waals surface area contributed by atoms with Gasteiger partial charge >= 0.3 is 0 Å². The highest BCUT2D eigenvalue weighted by molar-refractivity contribution is 9.10. The maximum absolute atomic E-state index is 5.14. The number of benzene rings is 1. The van der Waals surface area contributed by atoms with Crippen LogP contribution >= 0.6 is 28.1 Å². The van der Waals surface area contributed by atoms with E-state index in [1.807, 2.05) is 24.2 Å². The second-order valence-corrected chi connectivity index (χ2v) is 4.79. The van der Waals surface area contributed by atoms with Crippen LogP contribution in [-0.2, 0) is 0 Å². The molecule has 1 aromatic carbocycles. The number of halogens is 1. The molecule has 0 atom stereocenters. The SMILES string of the molecule is CNC(=S)N1CCC(c2cccc(Br)c2)=N1. The average molecular weight is 298 g/mol. The molecule has 0 amide bonds. The second-order valence-electron chi connectivity index (χ2n) is 3.49. The van der Waals surface area contributed by atoms with E-state index in [-0.39, 0.29) is 0 Å². The van der Waals surface area contributed by atoms with Gasteiger partial charge in [-0.15, -0.1) is 0 Å². The molecule has 2 rings (SSSR count). The second kappa shape index (κ2) is 4.93. The van der Waals surface area contributed by atoms with E-state index in [0.717, 1.165) is 28.7 Å². The summed E-state index contributed by atoms with van der Waals surface area (Å²) in [4.78, 5) is 0. The summed E-state index contributed by atoms with van der Waals surface area (Å²) < 4.78 is 1.07. The molecule has 0 radical (unpaired) electrons. The maximum atomic E-state index is 5.14. The Labute approximate surface area is 109 Å². The lowest BCUT2D eigenvalue weighted by molar-refractivity contribution is 0.485. The Morgan fingerprint density at radius 2 is 2.38 bits per heavy atom. The van der Waals surface area contributed by atoms with E-state index < -0.39 is 0 Å². The van der Waals surface area contributed by atoms with E-state index in [4.69, 9.17) is 12.2 Å². The van der Waals surface area contributed by atoms with Gasteiger partial charge in [0.1, 0.15) is 0 Å². The molecule has 0 aromatic heterocycles. The number of nitrogens with zero attached hydrogens (tertiary/aromatic N) is 2. The molecule has 0 bridgehead atoms. The Kier molecular flexibility index (Phi) is 3.56. The van der Waals surface area contributed by atoms with Crippen molar-refractivity contribution in [2.45, 2.75) is 6.42 Å². The monoisotopic (exact) mass is 297 g/mol. The van der Waals surface area contributed by atoms with Crippen LogP contribution in [0.4, 0.5) is 0 Å². The minimum absolute atomic E-state index is 0.671. The number of thiocarbonyl (C=S) groups is 1. The van der Waals surface area contributed by atoms with Crippen LogP contribution in [0.1, 0.15) is 12.0 Å². The van der Waals surface area contributed by atoms with Crippen molar-refractivity contribution in [3.05, 3.63) is 34.3 Å². The third-order valence-corrected chi connectivity index (χ3v) is 3.32. The van der Waals surface area contributed by atoms with Gasteiger partial charge in [0.05, 0.1) is 5.71 Å². The molecule has 1 heterocycles. The Morgan fingerprint density at radius 3 is 3.06 bits per heavy atom. The van der Waals surface area contributed by atoms with Crippen molar-refractivity contribution in [1.29, 1.82) is 0 Å². The van der Waals surface area contributed by atoms with Gasteiger partial charge in [-0.1, -0.05) is 28.1 Å². The zero-order valence-electron chi connectivity index (χ0n) is 8.90. The summed E-state index contributed by atoms with van der Waals surface area (Å²) in [6, 6.07) is 8.16. The smallest absolute Gasteiger partial charge is 0.189 e. The average Bonchev–Trinajstić information content (AvgIpc) is 2.77. The largest absolute Gasteiger partial charge is 0.364 e. The summed E-state index contributed by atoms with van der Waals surface area (Å²) in [6.07, 6.45) is 0.929. The fraction of sp³-hybridized carbons (Fsp3) is 0.273. The van der Waals surface area contributed by atoms with Crippen molar-refractivity contribution in [2.24, 2.45) is 5.10 Å². The van der Waals surface area contributed by atoms with E-state index in [0.29, 0.717) is 5.11 Å². The van der Waals surface area contributed by atoms with Crippen molar-refractivity contribution in [2.75, 3.05) is 13.6 Å². The molecule has 0 saturated carbocycles. The van der Waals surface area contributed by atoms with Crippen LogP contribution in [0.3, 0.4) is 0 Å². The lowest BCUT2D eigenvalue weighted by atomic mass is 10.1. The fourth-order valence-corrected chi connectivity index (χ4v) is 2.13. The molecular weight excluding hydrogens is 286 g/mol. The first-order chi connectivity index (χ1) is 7.70. The standard InChI is InChI=1S/C11H12BrN3S/c1-13-11(16)15-6-5-10(14-15)8-3-2-4-9(12)7-8/h2-4,7H,5-6H2,1H3,(H,13,16). The third kappa shape index (κ3) is 2.41. The number of hydrogen-bond acceptors (Lipinski definition) is 2. The van der Waals surface area contributed by atoms with Crippen LogP contribution in [0.15, 0.2) is 33.8 Å². The van der Waals surface area contributed by atoms with Gasteiger partial charge in [-0.2, -0.15) is 5.10 Å². The molecular formula is C11H12BrN3S. The molecule has 84 valence electrons. The minimum Gasteiger partial charge on any atom is -0.364 e. The van der Waals surface area contributed by atoms with Crippen LogP contribution < -0.4 is 5.32 Å². The molecule has 1 aliphatic rings. The summed E-state index contributed by atoms with van der Waals surface area (Å²) >= 11 is 8.60. The predicted molar refractivity (Wildman–Crippen MR) is 73.7 cm³/mol. The van der Waals surface area contributed by atoms with Gasteiger partial charge in [-0.3, -0.25) is 0 Å². The number of rotatable bonds is 1. The van der Waals surface area contributed by atoms with Crippen molar-refractivity contribution < 1.29 is 0 Å². The van der Waals surface area contributed by atoms with Crippen LogP contribution in [0.2, 0.25) is 0 Å². The van der Waals surface area contributed by atoms with Crippen molar-refractivity contribution >= 4 is 39.0 Å². The van der Waals surface area contributed by atoms with Crippen molar-refractivity contribution in [3.8, 4) is 0 Å². The van der Waals surface area contributed by atoms with E-state index in [1.54, 1.807) is 0 Å². The van der Waals surface area contributed by atoms with Crippen LogP contribution in [0.5, 0.6) is 0 Å². The summed E-state index contributed by atoms with van der Waals surface area (Å²) in [7, 11) is 1.81. The molecule has 1 aliphatic heterocycles. The summed E-state index contributed by atoms with van der Waals surface area (Å²) in [5.74, 6) is 0. The number of hydrazone groups is 1. The van der Waals surface area contributed by atoms with Gasteiger partial charge < -0.3 is 5.32 Å². The van der Waals surface area contributed by atoms with Crippen molar-refractivity contribution in [3.63, 3.8) is 0 Å². The minimum atomic E-state index is 0.671. The molecule has 0 spiro atoms. The van der Waals surface area contributed by atoms with Gasteiger partial charge in [-0.05, 0) is 29.9 Å². The van der Waals surface area contributed by atoms with Gasteiger partial charge in [0, 0.05) is 24.5 Å². The first kappa shape index (κ1) is 11.5. The van der Waals surface area contributed by atoms with E-state index in [9.17, 15) is 0 Å². The topological polar surface area (TPSA) is 27.6 Å². The van der Waals surface area contributed by atoms with Crippen molar-refractivity contribution in [1.82, 2.24) is 10.3 Å². The molecule has 0 aliphatic carbocycles. The van der Waals surface area contributed by atoms with Gasteiger partial charge in [0.25, 0.3) is 0 Å². The van der Waals surface area contributed by atoms with Gasteiger partial charge in [0.15, 0.2) is 5.11 Å². The van der Waals surface area contributed by atoms with Gasteiger partial charge in [-0.25, -0.2) is 5.01 Å². The Morgan fingerprint density at radius 1 is 1.56 bits per heavy atom. The molecule has 0 unspecified atom stereocenters. The zero-order chi connectivity index (χ0) is 11.5. The number of nitrogens with one attached hydrogen (secondary N) is 1. The van der Waals surface area contributed by atoms with Crippen LogP contribution in [-0.4, -0.2) is 29.4 Å². The maximum Gasteiger partial charge on any atom is 0.189 e. The molecule has 5 heteroatoms. The summed E-state index contributed by atoms with van der Waals surface area (Å²) in [6.45, 7) is 0.849. The van der Waals surface area contributed by atoms with Crippen LogP contribution in [0, 0.1) is 0 Å². The normalized spacial score (nSPS) is 14.9. The Balaban J connectivity index is 2.21. The Bertz CT molecular complexity index is 445. The predicted octanol–water partition coefficient (Wildman–Crippen LogP) is 2.36. The summed E-state index contributed by atoms with van der Waals surface area (Å²) in [5, 5.41) is 9.92. The molecule has 0 fully saturated rings.